The third-order valence-electron chi connectivity index (χ3n) is 1.66. The molecule has 16 heavy (non-hydrogen) atoms. The van der Waals surface area contributed by atoms with E-state index in [1.165, 1.54) is 0 Å². The molecule has 0 aliphatic rings. The van der Waals surface area contributed by atoms with Gasteiger partial charge in [-0.05, 0) is 6.07 Å². The maximum Gasteiger partial charge on any atom is 0.313 e. The van der Waals surface area contributed by atoms with E-state index in [2.05, 4.69) is 5.73 Å². The van der Waals surface area contributed by atoms with Crippen molar-refractivity contribution in [1.29, 1.82) is 0 Å². The van der Waals surface area contributed by atoms with E-state index in [-0.39, 0.29) is 11.4 Å². The summed E-state index contributed by atoms with van der Waals surface area (Å²) in [6, 6.07) is 3.00. The van der Waals surface area contributed by atoms with Crippen molar-refractivity contribution >= 4 is 23.2 Å². The Labute approximate surface area is 88.8 Å². The fraction of sp³-hybridized carbons (Fsp3) is 0. The summed E-state index contributed by atoms with van der Waals surface area (Å²) in [6.07, 6.45) is 0. The van der Waals surface area contributed by atoms with Gasteiger partial charge in [0.1, 0.15) is 5.75 Å². The van der Waals surface area contributed by atoms with E-state index < -0.39 is 22.5 Å². The second-order valence-corrected chi connectivity index (χ2v) is 2.78. The number of hydrogen-bond acceptors (Lipinski definition) is 5. The van der Waals surface area contributed by atoms with Gasteiger partial charge in [-0.1, -0.05) is 0 Å². The summed E-state index contributed by atoms with van der Waals surface area (Å²) in [4.78, 5) is 30.9. The number of amides is 2. The minimum Gasteiger partial charge on any atom is -0.506 e. The van der Waals surface area contributed by atoms with E-state index in [4.69, 9.17) is 0 Å². The summed E-state index contributed by atoms with van der Waals surface area (Å²) >= 11 is 0. The summed E-state index contributed by atoms with van der Waals surface area (Å²) in [5.41, 5.74) is 4.20. The van der Waals surface area contributed by atoms with Gasteiger partial charge in [-0.15, -0.1) is 0 Å². The number of rotatable bonds is 2. The summed E-state index contributed by atoms with van der Waals surface area (Å²) in [5.74, 6) is -2.87. The van der Waals surface area contributed by atoms with Gasteiger partial charge in [-0.2, -0.15) is 0 Å². The van der Waals surface area contributed by atoms with Crippen LogP contribution in [0.25, 0.3) is 0 Å². The van der Waals surface area contributed by atoms with Crippen molar-refractivity contribution in [2.24, 2.45) is 5.73 Å². The van der Waals surface area contributed by atoms with E-state index in [1.54, 1.807) is 0 Å². The molecule has 1 aromatic rings. The molecule has 0 aliphatic heterocycles. The smallest absolute Gasteiger partial charge is 0.313 e. The highest BCUT2D eigenvalue weighted by molar-refractivity contribution is 6.39. The first kappa shape index (κ1) is 11.4. The van der Waals surface area contributed by atoms with Crippen molar-refractivity contribution in [3.63, 3.8) is 0 Å². The van der Waals surface area contributed by atoms with Crippen LogP contribution in [-0.4, -0.2) is 21.8 Å². The molecule has 0 radical (unpaired) electrons. The summed E-state index contributed by atoms with van der Waals surface area (Å²) < 4.78 is 0. The van der Waals surface area contributed by atoms with Crippen molar-refractivity contribution in [3.05, 3.63) is 28.3 Å². The van der Waals surface area contributed by atoms with E-state index >= 15 is 0 Å². The van der Waals surface area contributed by atoms with Crippen LogP contribution in [0.2, 0.25) is 0 Å². The van der Waals surface area contributed by atoms with Crippen molar-refractivity contribution in [2.75, 3.05) is 5.32 Å². The fourth-order valence-corrected chi connectivity index (χ4v) is 0.923. The van der Waals surface area contributed by atoms with Gasteiger partial charge < -0.3 is 16.2 Å². The molecule has 0 saturated carbocycles. The van der Waals surface area contributed by atoms with Crippen molar-refractivity contribution in [2.45, 2.75) is 0 Å². The lowest BCUT2D eigenvalue weighted by molar-refractivity contribution is -0.384. The molecule has 4 N–H and O–H groups in total. The Hall–Kier alpha value is -2.64. The number of phenols is 1. The van der Waals surface area contributed by atoms with Crippen LogP contribution in [0.5, 0.6) is 5.75 Å². The Balaban J connectivity index is 2.96. The first-order valence-electron chi connectivity index (χ1n) is 4.00. The number of aromatic hydroxyl groups is 1. The zero-order valence-electron chi connectivity index (χ0n) is 7.84. The number of nitrogens with one attached hydrogen (secondary N) is 1. The summed E-state index contributed by atoms with van der Waals surface area (Å²) in [5, 5.41) is 21.6. The van der Waals surface area contributed by atoms with E-state index in [1.807, 2.05) is 5.32 Å². The van der Waals surface area contributed by atoms with Crippen LogP contribution in [0.4, 0.5) is 11.4 Å². The standard InChI is InChI=1S/C8H7N3O5/c9-7(13)8(14)10-5-2-1-4(11(15)16)3-6(5)12/h1-3,12H,(H2,9,13)(H,10,14). The molecule has 0 fully saturated rings. The van der Waals surface area contributed by atoms with Gasteiger partial charge >= 0.3 is 11.8 Å². The van der Waals surface area contributed by atoms with Gasteiger partial charge in [0.05, 0.1) is 16.7 Å². The first-order valence-corrected chi connectivity index (χ1v) is 4.00. The molecular weight excluding hydrogens is 218 g/mol. The van der Waals surface area contributed by atoms with Crippen LogP contribution in [0.15, 0.2) is 18.2 Å². The highest BCUT2D eigenvalue weighted by Crippen LogP contribution is 2.27. The molecule has 0 heterocycles. The monoisotopic (exact) mass is 225 g/mol. The number of nitrogens with two attached hydrogens (primary N) is 1. The molecule has 0 aliphatic carbocycles. The number of carbonyl (C=O) groups excluding carboxylic acids is 2. The van der Waals surface area contributed by atoms with Gasteiger partial charge in [-0.3, -0.25) is 19.7 Å². The lowest BCUT2D eigenvalue weighted by atomic mass is 10.2. The fourth-order valence-electron chi connectivity index (χ4n) is 0.923. The van der Waals surface area contributed by atoms with Gasteiger partial charge in [0.2, 0.25) is 0 Å². The van der Waals surface area contributed by atoms with Gasteiger partial charge in [0.25, 0.3) is 5.69 Å². The van der Waals surface area contributed by atoms with Crippen LogP contribution in [0.3, 0.4) is 0 Å². The average Bonchev–Trinajstić information content (AvgIpc) is 2.20. The zero-order valence-corrected chi connectivity index (χ0v) is 7.84. The van der Waals surface area contributed by atoms with E-state index in [9.17, 15) is 24.8 Å². The number of carbonyl (C=O) groups is 2. The SMILES string of the molecule is NC(=O)C(=O)Nc1ccc([N+](=O)[O-])cc1O. The van der Waals surface area contributed by atoms with Crippen LogP contribution in [-0.2, 0) is 9.59 Å². The second kappa shape index (κ2) is 4.26. The van der Waals surface area contributed by atoms with Gasteiger partial charge in [0.15, 0.2) is 0 Å². The van der Waals surface area contributed by atoms with Crippen molar-refractivity contribution < 1.29 is 19.6 Å². The molecule has 0 bridgehead atoms. The molecule has 0 atom stereocenters. The molecule has 0 saturated heterocycles. The molecule has 0 unspecified atom stereocenters. The lowest BCUT2D eigenvalue weighted by Crippen LogP contribution is -2.29. The molecule has 8 nitrogen and oxygen atoms in total. The Morgan fingerprint density at radius 2 is 2.06 bits per heavy atom. The predicted octanol–water partition coefficient (Wildman–Crippen LogP) is -0.276. The quantitative estimate of drug-likeness (QED) is 0.275. The minimum atomic E-state index is -1.22. The number of phenolic OH excluding ortho intramolecular Hbond substituents is 1. The molecule has 84 valence electrons. The Bertz CT molecular complexity index is 471. The molecule has 8 heteroatoms. The van der Waals surface area contributed by atoms with Gasteiger partial charge in [-0.25, -0.2) is 0 Å². The predicted molar refractivity (Wildman–Crippen MR) is 52.6 cm³/mol. The van der Waals surface area contributed by atoms with Gasteiger partial charge in [0, 0.05) is 6.07 Å². The Kier molecular flexibility index (Phi) is 3.04. The van der Waals surface area contributed by atoms with Crippen LogP contribution in [0, 0.1) is 10.1 Å². The average molecular weight is 225 g/mol. The molecule has 0 spiro atoms. The topological polar surface area (TPSA) is 136 Å². The number of primary amides is 1. The maximum absolute atomic E-state index is 10.9. The number of non-ortho nitro benzene ring substituents is 1. The second-order valence-electron chi connectivity index (χ2n) is 2.78. The number of benzene rings is 1. The maximum atomic E-state index is 10.9. The summed E-state index contributed by atoms with van der Waals surface area (Å²) in [6.45, 7) is 0. The molecule has 1 aromatic carbocycles. The molecule has 2 amide bonds. The molecule has 0 aromatic heterocycles. The number of nitro groups is 1. The Morgan fingerprint density at radius 3 is 2.50 bits per heavy atom. The Morgan fingerprint density at radius 1 is 1.44 bits per heavy atom. The number of nitrogens with zero attached hydrogens (tertiary/aromatic N) is 1. The third kappa shape index (κ3) is 2.44. The van der Waals surface area contributed by atoms with Crippen molar-refractivity contribution in [1.82, 2.24) is 0 Å². The highest BCUT2D eigenvalue weighted by atomic mass is 16.6. The lowest BCUT2D eigenvalue weighted by Gasteiger charge is -2.04. The van der Waals surface area contributed by atoms with E-state index in [0.29, 0.717) is 0 Å². The van der Waals surface area contributed by atoms with Crippen LogP contribution < -0.4 is 11.1 Å². The van der Waals surface area contributed by atoms with Crippen LogP contribution in [0.1, 0.15) is 0 Å². The van der Waals surface area contributed by atoms with Crippen molar-refractivity contribution in [3.8, 4) is 5.75 Å². The zero-order chi connectivity index (χ0) is 12.3. The van der Waals surface area contributed by atoms with Crippen LogP contribution >= 0.6 is 0 Å². The first-order chi connectivity index (χ1) is 7.41. The third-order valence-corrected chi connectivity index (χ3v) is 1.66. The summed E-state index contributed by atoms with van der Waals surface area (Å²) in [7, 11) is 0. The number of anilines is 1. The number of nitro benzene ring substituents is 1. The molecular formula is C8H7N3O5. The van der Waals surface area contributed by atoms with E-state index in [0.717, 1.165) is 18.2 Å². The largest absolute Gasteiger partial charge is 0.506 e. The molecule has 1 rings (SSSR count). The normalized spacial score (nSPS) is 9.50. The minimum absolute atomic E-state index is 0.130. The number of hydrogen-bond donors (Lipinski definition) is 3. The highest BCUT2D eigenvalue weighted by Gasteiger charge is 2.14.